The molecule has 0 aliphatic carbocycles. The fourth-order valence-electron chi connectivity index (χ4n) is 3.74. The van der Waals surface area contributed by atoms with Gasteiger partial charge >= 0.3 is 0 Å². The van der Waals surface area contributed by atoms with Crippen LogP contribution in [-0.4, -0.2) is 59.7 Å². The maximum absolute atomic E-state index is 12.7. The molecule has 2 aromatic rings. The Morgan fingerprint density at radius 2 is 1.62 bits per heavy atom. The first-order chi connectivity index (χ1) is 13.8. The summed E-state index contributed by atoms with van der Waals surface area (Å²) >= 11 is 0. The van der Waals surface area contributed by atoms with Crippen LogP contribution in [0.1, 0.15) is 16.7 Å². The summed E-state index contributed by atoms with van der Waals surface area (Å²) in [6, 6.07) is 11.7. The number of sulfonamides is 1. The Morgan fingerprint density at radius 1 is 0.966 bits per heavy atom. The Bertz CT molecular complexity index is 952. The SMILES string of the molecule is COc1ccccc1N1CCN(CCNS(=O)(=O)c2cc(C)c(C)cc2C)CC1. The first kappa shape index (κ1) is 21.6. The van der Waals surface area contributed by atoms with Crippen molar-refractivity contribution in [1.82, 2.24) is 9.62 Å². The van der Waals surface area contributed by atoms with Crippen LogP contribution < -0.4 is 14.4 Å². The molecule has 2 aromatic carbocycles. The second-order valence-corrected chi connectivity index (χ2v) is 9.34. The van der Waals surface area contributed by atoms with Gasteiger partial charge in [0.2, 0.25) is 10.0 Å². The number of piperazine rings is 1. The van der Waals surface area contributed by atoms with E-state index in [9.17, 15) is 8.42 Å². The van der Waals surface area contributed by atoms with E-state index in [-0.39, 0.29) is 0 Å². The smallest absolute Gasteiger partial charge is 0.240 e. The first-order valence-corrected chi connectivity index (χ1v) is 11.5. The number of benzene rings is 2. The van der Waals surface area contributed by atoms with E-state index in [4.69, 9.17) is 4.74 Å². The van der Waals surface area contributed by atoms with Gasteiger partial charge in [0.15, 0.2) is 0 Å². The van der Waals surface area contributed by atoms with E-state index < -0.39 is 10.0 Å². The van der Waals surface area contributed by atoms with Gasteiger partial charge in [-0.15, -0.1) is 0 Å². The molecule has 0 spiro atoms. The molecule has 158 valence electrons. The lowest BCUT2D eigenvalue weighted by Gasteiger charge is -2.36. The van der Waals surface area contributed by atoms with E-state index in [1.54, 1.807) is 13.2 Å². The highest BCUT2D eigenvalue weighted by Gasteiger charge is 2.21. The molecule has 0 aromatic heterocycles. The zero-order valence-electron chi connectivity index (χ0n) is 17.7. The lowest BCUT2D eigenvalue weighted by molar-refractivity contribution is 0.261. The molecule has 7 heteroatoms. The van der Waals surface area contributed by atoms with Gasteiger partial charge in [-0.25, -0.2) is 13.1 Å². The maximum Gasteiger partial charge on any atom is 0.240 e. The summed E-state index contributed by atoms with van der Waals surface area (Å²) in [6.45, 7) is 10.5. The number of aryl methyl sites for hydroxylation is 3. The Kier molecular flexibility index (Phi) is 6.82. The Morgan fingerprint density at radius 3 is 2.31 bits per heavy atom. The molecule has 0 saturated carbocycles. The van der Waals surface area contributed by atoms with Crippen LogP contribution in [0.3, 0.4) is 0 Å². The van der Waals surface area contributed by atoms with Crippen molar-refractivity contribution in [2.75, 3.05) is 51.3 Å². The fraction of sp³-hybridized carbons (Fsp3) is 0.455. The Balaban J connectivity index is 1.53. The minimum Gasteiger partial charge on any atom is -0.495 e. The van der Waals surface area contributed by atoms with Gasteiger partial charge in [0.05, 0.1) is 17.7 Å². The monoisotopic (exact) mass is 417 g/mol. The number of anilines is 1. The third-order valence-electron chi connectivity index (χ3n) is 5.60. The van der Waals surface area contributed by atoms with Gasteiger partial charge in [0.1, 0.15) is 5.75 Å². The zero-order valence-corrected chi connectivity index (χ0v) is 18.6. The molecule has 1 fully saturated rings. The molecule has 6 nitrogen and oxygen atoms in total. The standard InChI is InChI=1S/C22H31N3O3S/c1-17-15-19(3)22(16-18(17)2)29(26,27)23-9-10-24-11-13-25(14-12-24)20-7-5-6-8-21(20)28-4/h5-8,15-16,23H,9-14H2,1-4H3. The number of hydrogen-bond acceptors (Lipinski definition) is 5. The molecular weight excluding hydrogens is 386 g/mol. The Labute approximate surface area is 174 Å². The van der Waals surface area contributed by atoms with Crippen LogP contribution in [0, 0.1) is 20.8 Å². The predicted octanol–water partition coefficient (Wildman–Crippen LogP) is 2.72. The van der Waals surface area contributed by atoms with Crippen LogP contribution in [0.4, 0.5) is 5.69 Å². The van der Waals surface area contributed by atoms with Gasteiger partial charge in [-0.2, -0.15) is 0 Å². The Hall–Kier alpha value is -2.09. The largest absolute Gasteiger partial charge is 0.495 e. The molecule has 0 amide bonds. The van der Waals surface area contributed by atoms with Gasteiger partial charge in [0.25, 0.3) is 0 Å². The van der Waals surface area contributed by atoms with Crippen molar-refractivity contribution in [3.63, 3.8) is 0 Å². The molecule has 1 saturated heterocycles. The lowest BCUT2D eigenvalue weighted by atomic mass is 10.1. The number of rotatable bonds is 7. The molecule has 1 heterocycles. The molecule has 0 bridgehead atoms. The second kappa shape index (κ2) is 9.15. The highest BCUT2D eigenvalue weighted by molar-refractivity contribution is 7.89. The number of nitrogens with one attached hydrogen (secondary N) is 1. The lowest BCUT2D eigenvalue weighted by Crippen LogP contribution is -2.48. The predicted molar refractivity (Wildman–Crippen MR) is 117 cm³/mol. The maximum atomic E-state index is 12.7. The normalized spacial score (nSPS) is 15.5. The average Bonchev–Trinajstić information content (AvgIpc) is 2.71. The van der Waals surface area contributed by atoms with Crippen molar-refractivity contribution < 1.29 is 13.2 Å². The molecule has 29 heavy (non-hydrogen) atoms. The van der Waals surface area contributed by atoms with Gasteiger partial charge in [-0.1, -0.05) is 18.2 Å². The number of ether oxygens (including phenoxy) is 1. The van der Waals surface area contributed by atoms with E-state index in [2.05, 4.69) is 20.6 Å². The number of nitrogens with zero attached hydrogens (tertiary/aromatic N) is 2. The molecule has 0 atom stereocenters. The van der Waals surface area contributed by atoms with Gasteiger partial charge in [-0.3, -0.25) is 4.90 Å². The van der Waals surface area contributed by atoms with Crippen molar-refractivity contribution in [2.45, 2.75) is 25.7 Å². The van der Waals surface area contributed by atoms with E-state index in [1.807, 2.05) is 45.0 Å². The van der Waals surface area contributed by atoms with Crippen molar-refractivity contribution in [1.29, 1.82) is 0 Å². The van der Waals surface area contributed by atoms with Crippen LogP contribution in [0.5, 0.6) is 5.75 Å². The van der Waals surface area contributed by atoms with Crippen molar-refractivity contribution >= 4 is 15.7 Å². The molecule has 1 N–H and O–H groups in total. The minimum atomic E-state index is -3.50. The topological polar surface area (TPSA) is 61.9 Å². The summed E-state index contributed by atoms with van der Waals surface area (Å²) in [4.78, 5) is 4.99. The van der Waals surface area contributed by atoms with Crippen molar-refractivity contribution in [2.24, 2.45) is 0 Å². The van der Waals surface area contributed by atoms with Crippen LogP contribution in [0.15, 0.2) is 41.3 Å². The quantitative estimate of drug-likeness (QED) is 0.751. The summed E-state index contributed by atoms with van der Waals surface area (Å²) in [7, 11) is -1.80. The minimum absolute atomic E-state index is 0.376. The van der Waals surface area contributed by atoms with Crippen LogP contribution in [0.25, 0.3) is 0 Å². The second-order valence-electron chi connectivity index (χ2n) is 7.60. The molecule has 0 radical (unpaired) electrons. The zero-order chi connectivity index (χ0) is 21.0. The summed E-state index contributed by atoms with van der Waals surface area (Å²) in [5.41, 5.74) is 3.99. The van der Waals surface area contributed by atoms with E-state index in [1.165, 1.54) is 0 Å². The van der Waals surface area contributed by atoms with Gasteiger partial charge in [-0.05, 0) is 55.7 Å². The summed E-state index contributed by atoms with van der Waals surface area (Å²) in [5, 5.41) is 0. The van der Waals surface area contributed by atoms with Gasteiger partial charge < -0.3 is 9.64 Å². The number of para-hydroxylation sites is 2. The molecule has 3 rings (SSSR count). The van der Waals surface area contributed by atoms with Crippen LogP contribution in [-0.2, 0) is 10.0 Å². The summed E-state index contributed by atoms with van der Waals surface area (Å²) < 4.78 is 33.7. The number of hydrogen-bond donors (Lipinski definition) is 1. The molecule has 1 aliphatic rings. The number of methoxy groups -OCH3 is 1. The molecular formula is C22H31N3O3S. The fourth-order valence-corrected chi connectivity index (χ4v) is 5.07. The van der Waals surface area contributed by atoms with Crippen molar-refractivity contribution in [3.8, 4) is 5.75 Å². The van der Waals surface area contributed by atoms with Crippen LogP contribution in [0.2, 0.25) is 0 Å². The molecule has 0 unspecified atom stereocenters. The highest BCUT2D eigenvalue weighted by Crippen LogP contribution is 2.28. The van der Waals surface area contributed by atoms with E-state index in [0.717, 1.165) is 54.3 Å². The summed E-state index contributed by atoms with van der Waals surface area (Å²) in [6.07, 6.45) is 0. The third-order valence-corrected chi connectivity index (χ3v) is 7.20. The van der Waals surface area contributed by atoms with Gasteiger partial charge in [0, 0.05) is 39.3 Å². The molecule has 1 aliphatic heterocycles. The van der Waals surface area contributed by atoms with Crippen LogP contribution >= 0.6 is 0 Å². The van der Waals surface area contributed by atoms with Crippen molar-refractivity contribution in [3.05, 3.63) is 53.1 Å². The first-order valence-electron chi connectivity index (χ1n) is 9.99. The third kappa shape index (κ3) is 5.10. The average molecular weight is 418 g/mol. The van der Waals surface area contributed by atoms with E-state index >= 15 is 0 Å². The van der Waals surface area contributed by atoms with E-state index in [0.29, 0.717) is 18.0 Å². The summed E-state index contributed by atoms with van der Waals surface area (Å²) in [5.74, 6) is 0.887. The highest BCUT2D eigenvalue weighted by atomic mass is 32.2.